The largest absolute Gasteiger partial charge is 0.439 e. The van der Waals surface area contributed by atoms with E-state index in [1.807, 2.05) is 24.3 Å². The van der Waals surface area contributed by atoms with Crippen molar-refractivity contribution in [1.29, 1.82) is 0 Å². The molecule has 5 heteroatoms. The van der Waals surface area contributed by atoms with E-state index in [0.29, 0.717) is 6.54 Å². The molecule has 1 aliphatic rings. The summed E-state index contributed by atoms with van der Waals surface area (Å²) in [7, 11) is 2.12. The predicted octanol–water partition coefficient (Wildman–Crippen LogP) is 1.25. The maximum absolute atomic E-state index is 5.69. The Hall–Kier alpha value is -1.43. The van der Waals surface area contributed by atoms with Crippen molar-refractivity contribution in [1.82, 2.24) is 15.2 Å². The minimum atomic E-state index is 0.253. The fraction of sp³-hybridized carbons (Fsp3) is 0.500. The number of nitrogens with zero attached hydrogens (tertiary/aromatic N) is 2. The molecule has 0 aliphatic carbocycles. The summed E-state index contributed by atoms with van der Waals surface area (Å²) in [5.41, 5.74) is 1.75. The van der Waals surface area contributed by atoms with Gasteiger partial charge in [0.05, 0.1) is 19.3 Å². The SMILES string of the molecule is CN1CCO[C@H](CNCc2nc3ccccc3o2)C1. The Bertz CT molecular complexity index is 507. The summed E-state index contributed by atoms with van der Waals surface area (Å²) >= 11 is 0. The second-order valence-corrected chi connectivity index (χ2v) is 4.96. The van der Waals surface area contributed by atoms with Crippen LogP contribution in [-0.2, 0) is 11.3 Å². The van der Waals surface area contributed by atoms with Crippen molar-refractivity contribution >= 4 is 11.1 Å². The molecular weight excluding hydrogens is 242 g/mol. The first-order valence-electron chi connectivity index (χ1n) is 6.66. The minimum absolute atomic E-state index is 0.253. The van der Waals surface area contributed by atoms with E-state index in [2.05, 4.69) is 22.2 Å². The van der Waals surface area contributed by atoms with E-state index in [0.717, 1.165) is 43.2 Å². The molecule has 3 rings (SSSR count). The molecule has 1 aliphatic heterocycles. The van der Waals surface area contributed by atoms with Gasteiger partial charge in [-0.1, -0.05) is 12.1 Å². The van der Waals surface area contributed by atoms with E-state index in [-0.39, 0.29) is 6.10 Å². The third kappa shape index (κ3) is 3.12. The van der Waals surface area contributed by atoms with Gasteiger partial charge >= 0.3 is 0 Å². The van der Waals surface area contributed by atoms with Crippen LogP contribution in [-0.4, -0.2) is 49.3 Å². The zero-order valence-corrected chi connectivity index (χ0v) is 11.1. The van der Waals surface area contributed by atoms with Gasteiger partial charge in [0.1, 0.15) is 5.52 Å². The van der Waals surface area contributed by atoms with Crippen LogP contribution in [0.1, 0.15) is 5.89 Å². The summed E-state index contributed by atoms with van der Waals surface area (Å²) in [5, 5.41) is 3.34. The van der Waals surface area contributed by atoms with E-state index in [1.54, 1.807) is 0 Å². The highest BCUT2D eigenvalue weighted by Crippen LogP contribution is 2.14. The lowest BCUT2D eigenvalue weighted by atomic mass is 10.3. The van der Waals surface area contributed by atoms with Crippen LogP contribution in [0.4, 0.5) is 0 Å². The topological polar surface area (TPSA) is 50.5 Å². The highest BCUT2D eigenvalue weighted by molar-refractivity contribution is 5.72. The van der Waals surface area contributed by atoms with Crippen LogP contribution in [0.15, 0.2) is 28.7 Å². The molecule has 1 fully saturated rings. The minimum Gasteiger partial charge on any atom is -0.439 e. The summed E-state index contributed by atoms with van der Waals surface area (Å²) in [6.07, 6.45) is 0.253. The lowest BCUT2D eigenvalue weighted by Gasteiger charge is -2.30. The van der Waals surface area contributed by atoms with Crippen LogP contribution in [0.2, 0.25) is 0 Å². The summed E-state index contributed by atoms with van der Waals surface area (Å²) in [5.74, 6) is 0.727. The van der Waals surface area contributed by atoms with Crippen molar-refractivity contribution in [3.05, 3.63) is 30.2 Å². The Morgan fingerprint density at radius 3 is 3.16 bits per heavy atom. The van der Waals surface area contributed by atoms with Crippen molar-refractivity contribution in [2.75, 3.05) is 33.3 Å². The van der Waals surface area contributed by atoms with Crippen LogP contribution in [0.25, 0.3) is 11.1 Å². The molecule has 0 bridgehead atoms. The zero-order chi connectivity index (χ0) is 13.1. The monoisotopic (exact) mass is 261 g/mol. The number of benzene rings is 1. The van der Waals surface area contributed by atoms with E-state index in [9.17, 15) is 0 Å². The normalized spacial score (nSPS) is 21.0. The number of likely N-dealkylation sites (N-methyl/N-ethyl adjacent to an activating group) is 1. The second kappa shape index (κ2) is 5.69. The second-order valence-electron chi connectivity index (χ2n) is 4.96. The number of morpholine rings is 1. The summed E-state index contributed by atoms with van der Waals surface area (Å²) < 4.78 is 11.3. The van der Waals surface area contributed by atoms with Crippen LogP contribution < -0.4 is 5.32 Å². The predicted molar refractivity (Wildman–Crippen MR) is 73.0 cm³/mol. The zero-order valence-electron chi connectivity index (χ0n) is 11.1. The highest BCUT2D eigenvalue weighted by Gasteiger charge is 2.17. The smallest absolute Gasteiger partial charge is 0.209 e. The lowest BCUT2D eigenvalue weighted by Crippen LogP contribution is -2.44. The molecule has 1 aromatic carbocycles. The molecule has 0 radical (unpaired) electrons. The Labute approximate surface area is 112 Å². The van der Waals surface area contributed by atoms with Crippen LogP contribution in [0.3, 0.4) is 0 Å². The Morgan fingerprint density at radius 1 is 1.42 bits per heavy atom. The molecule has 1 saturated heterocycles. The van der Waals surface area contributed by atoms with Gasteiger partial charge in [-0.3, -0.25) is 0 Å². The number of ether oxygens (including phenoxy) is 1. The van der Waals surface area contributed by atoms with Gasteiger partial charge < -0.3 is 19.4 Å². The molecule has 2 heterocycles. The van der Waals surface area contributed by atoms with Gasteiger partial charge in [-0.15, -0.1) is 0 Å². The maximum atomic E-state index is 5.69. The molecule has 0 saturated carbocycles. The molecule has 1 N–H and O–H groups in total. The van der Waals surface area contributed by atoms with Crippen molar-refractivity contribution in [2.45, 2.75) is 12.6 Å². The highest BCUT2D eigenvalue weighted by atomic mass is 16.5. The van der Waals surface area contributed by atoms with Crippen molar-refractivity contribution in [3.8, 4) is 0 Å². The first kappa shape index (κ1) is 12.6. The Balaban J connectivity index is 1.51. The Morgan fingerprint density at radius 2 is 2.32 bits per heavy atom. The summed E-state index contributed by atoms with van der Waals surface area (Å²) in [6.45, 7) is 4.26. The van der Waals surface area contributed by atoms with Gasteiger partial charge in [0.15, 0.2) is 5.58 Å². The molecule has 1 aromatic heterocycles. The number of fused-ring (bicyclic) bond motifs is 1. The molecular formula is C14H19N3O2. The maximum Gasteiger partial charge on any atom is 0.209 e. The van der Waals surface area contributed by atoms with Gasteiger partial charge in [0, 0.05) is 19.6 Å². The third-order valence-corrected chi connectivity index (χ3v) is 3.33. The first-order valence-corrected chi connectivity index (χ1v) is 6.66. The molecule has 2 aromatic rings. The fourth-order valence-corrected chi connectivity index (χ4v) is 2.33. The van der Waals surface area contributed by atoms with Crippen molar-refractivity contribution in [2.24, 2.45) is 0 Å². The molecule has 0 amide bonds. The molecule has 0 unspecified atom stereocenters. The molecule has 0 spiro atoms. The van der Waals surface area contributed by atoms with E-state index >= 15 is 0 Å². The number of hydrogen-bond donors (Lipinski definition) is 1. The number of hydrogen-bond acceptors (Lipinski definition) is 5. The number of nitrogens with one attached hydrogen (secondary N) is 1. The fourth-order valence-electron chi connectivity index (χ4n) is 2.33. The standard InChI is InChI=1S/C14H19N3O2/c1-17-6-7-18-11(10-17)8-15-9-14-16-12-4-2-3-5-13(12)19-14/h2-5,11,15H,6-10H2,1H3/t11-/m1/s1. The van der Waals surface area contributed by atoms with E-state index in [1.165, 1.54) is 0 Å². The van der Waals surface area contributed by atoms with Crippen LogP contribution >= 0.6 is 0 Å². The van der Waals surface area contributed by atoms with Gasteiger partial charge in [-0.25, -0.2) is 4.98 Å². The van der Waals surface area contributed by atoms with E-state index < -0.39 is 0 Å². The third-order valence-electron chi connectivity index (χ3n) is 3.33. The number of rotatable bonds is 4. The van der Waals surface area contributed by atoms with Gasteiger partial charge in [0.25, 0.3) is 0 Å². The first-order chi connectivity index (χ1) is 9.31. The molecule has 5 nitrogen and oxygen atoms in total. The van der Waals surface area contributed by atoms with Crippen molar-refractivity contribution in [3.63, 3.8) is 0 Å². The molecule has 102 valence electrons. The van der Waals surface area contributed by atoms with Crippen LogP contribution in [0, 0.1) is 0 Å². The van der Waals surface area contributed by atoms with Gasteiger partial charge in [-0.2, -0.15) is 0 Å². The number of para-hydroxylation sites is 2. The number of oxazole rings is 1. The van der Waals surface area contributed by atoms with Gasteiger partial charge in [-0.05, 0) is 19.2 Å². The van der Waals surface area contributed by atoms with Crippen molar-refractivity contribution < 1.29 is 9.15 Å². The number of aromatic nitrogens is 1. The van der Waals surface area contributed by atoms with Gasteiger partial charge in [0.2, 0.25) is 5.89 Å². The molecule has 19 heavy (non-hydrogen) atoms. The quantitative estimate of drug-likeness (QED) is 0.897. The average molecular weight is 261 g/mol. The van der Waals surface area contributed by atoms with E-state index in [4.69, 9.17) is 9.15 Å². The lowest BCUT2D eigenvalue weighted by molar-refractivity contribution is -0.0183. The summed E-state index contributed by atoms with van der Waals surface area (Å²) in [6, 6.07) is 7.82. The molecule has 1 atom stereocenters. The van der Waals surface area contributed by atoms with Crippen LogP contribution in [0.5, 0.6) is 0 Å². The summed E-state index contributed by atoms with van der Waals surface area (Å²) in [4.78, 5) is 6.72. The average Bonchev–Trinajstić information content (AvgIpc) is 2.81. The Kier molecular flexibility index (Phi) is 3.77.